The van der Waals surface area contributed by atoms with Crippen LogP contribution in [0.25, 0.3) is 0 Å². The van der Waals surface area contributed by atoms with Gasteiger partial charge in [-0.05, 0) is 75.0 Å². The normalized spacial score (nSPS) is 33.6. The molecular weight excluding hydrogens is 338 g/mol. The van der Waals surface area contributed by atoms with Crippen LogP contribution >= 0.6 is 0 Å². The van der Waals surface area contributed by atoms with Crippen LogP contribution in [-0.2, 0) is 16.0 Å². The predicted octanol–water partition coefficient (Wildman–Crippen LogP) is 3.98. The van der Waals surface area contributed by atoms with Gasteiger partial charge in [-0.2, -0.15) is 0 Å². The number of ether oxygens (including phenoxy) is 2. The molecule has 2 saturated carbocycles. The lowest BCUT2D eigenvalue weighted by Gasteiger charge is -2.39. The molecule has 3 fully saturated rings. The summed E-state index contributed by atoms with van der Waals surface area (Å²) in [5.41, 5.74) is 0.963. The van der Waals surface area contributed by atoms with Crippen molar-refractivity contribution in [1.29, 1.82) is 0 Å². The highest BCUT2D eigenvalue weighted by atomic mass is 16.5. The monoisotopic (exact) mass is 371 g/mol. The Hall–Kier alpha value is -1.55. The Morgan fingerprint density at radius 2 is 2.26 bits per heavy atom. The molecule has 1 aromatic rings. The molecule has 2 aliphatic carbocycles. The van der Waals surface area contributed by atoms with Gasteiger partial charge in [0.25, 0.3) is 0 Å². The minimum Gasteiger partial charge on any atom is -0.497 e. The summed E-state index contributed by atoms with van der Waals surface area (Å²) in [4.78, 5) is 13.6. The van der Waals surface area contributed by atoms with Crippen molar-refractivity contribution < 1.29 is 14.3 Å². The van der Waals surface area contributed by atoms with Crippen LogP contribution in [0.1, 0.15) is 51.0 Å². The fraction of sp³-hybridized carbons (Fsp3) is 0.696. The highest BCUT2D eigenvalue weighted by Gasteiger charge is 2.55. The first-order chi connectivity index (χ1) is 13.1. The second-order valence-corrected chi connectivity index (χ2v) is 9.00. The topological polar surface area (TPSA) is 47.6 Å². The standard InChI is InChI=1S/C23H33NO3/c1-16(19-6-4-10-27-15-19)24-22(25)23(14-18-8-9-20(23)11-18)13-17-5-3-7-21(12-17)26-2/h3,5,7,12,16,18-20H,4,6,8-11,13-15H2,1-2H3,(H,24,25). The molecule has 1 aliphatic heterocycles. The predicted molar refractivity (Wildman–Crippen MR) is 106 cm³/mol. The van der Waals surface area contributed by atoms with E-state index in [1.807, 2.05) is 12.1 Å². The van der Waals surface area contributed by atoms with Crippen LogP contribution in [-0.4, -0.2) is 32.3 Å². The summed E-state index contributed by atoms with van der Waals surface area (Å²) in [6.07, 6.45) is 7.83. The molecule has 0 spiro atoms. The third kappa shape index (κ3) is 3.73. The fourth-order valence-corrected chi connectivity index (χ4v) is 5.79. The minimum absolute atomic E-state index is 0.180. The highest BCUT2D eigenvalue weighted by molar-refractivity contribution is 5.84. The highest BCUT2D eigenvalue weighted by Crippen LogP contribution is 2.57. The van der Waals surface area contributed by atoms with Crippen molar-refractivity contribution >= 4 is 5.91 Å². The molecule has 4 rings (SSSR count). The van der Waals surface area contributed by atoms with Crippen LogP contribution in [0.4, 0.5) is 0 Å². The summed E-state index contributed by atoms with van der Waals surface area (Å²) < 4.78 is 11.0. The first kappa shape index (κ1) is 18.8. The Morgan fingerprint density at radius 1 is 1.37 bits per heavy atom. The first-order valence-electron chi connectivity index (χ1n) is 10.6. The average Bonchev–Trinajstić information content (AvgIpc) is 3.30. The molecule has 1 aromatic carbocycles. The van der Waals surface area contributed by atoms with Crippen LogP contribution in [0.3, 0.4) is 0 Å². The number of fused-ring (bicyclic) bond motifs is 2. The zero-order valence-corrected chi connectivity index (χ0v) is 16.7. The number of carbonyl (C=O) groups is 1. The summed E-state index contributed by atoms with van der Waals surface area (Å²) in [6.45, 7) is 3.79. The van der Waals surface area contributed by atoms with Gasteiger partial charge in [0.1, 0.15) is 5.75 Å². The van der Waals surface area contributed by atoms with Crippen LogP contribution in [0.15, 0.2) is 24.3 Å². The van der Waals surface area contributed by atoms with Crippen molar-refractivity contribution in [2.75, 3.05) is 20.3 Å². The van der Waals surface area contributed by atoms with Crippen LogP contribution in [0, 0.1) is 23.2 Å². The number of benzene rings is 1. The molecule has 4 heteroatoms. The SMILES string of the molecule is COc1cccc(CC2(C(=O)NC(C)C3CCCOC3)CC3CCC2C3)c1. The summed E-state index contributed by atoms with van der Waals surface area (Å²) in [7, 11) is 1.70. The summed E-state index contributed by atoms with van der Waals surface area (Å²) in [5.74, 6) is 2.83. The molecule has 1 amide bonds. The lowest BCUT2D eigenvalue weighted by Crippen LogP contribution is -2.51. The smallest absolute Gasteiger partial charge is 0.227 e. The fourth-order valence-electron chi connectivity index (χ4n) is 5.79. The quantitative estimate of drug-likeness (QED) is 0.823. The Morgan fingerprint density at radius 3 is 2.93 bits per heavy atom. The molecule has 2 bridgehead atoms. The van der Waals surface area contributed by atoms with Gasteiger partial charge in [-0.25, -0.2) is 0 Å². The van der Waals surface area contributed by atoms with Crippen molar-refractivity contribution in [1.82, 2.24) is 5.32 Å². The minimum atomic E-state index is -0.251. The molecule has 5 atom stereocenters. The van der Waals surface area contributed by atoms with Crippen molar-refractivity contribution in [3.63, 3.8) is 0 Å². The number of nitrogens with one attached hydrogen (secondary N) is 1. The third-order valence-electron chi connectivity index (χ3n) is 7.34. The Kier molecular flexibility index (Phi) is 5.45. The van der Waals surface area contributed by atoms with E-state index in [2.05, 4.69) is 24.4 Å². The maximum Gasteiger partial charge on any atom is 0.227 e. The van der Waals surface area contributed by atoms with Gasteiger partial charge in [-0.1, -0.05) is 18.6 Å². The van der Waals surface area contributed by atoms with Crippen LogP contribution in [0.5, 0.6) is 5.75 Å². The van der Waals surface area contributed by atoms with Gasteiger partial charge >= 0.3 is 0 Å². The Balaban J connectivity index is 1.52. The van der Waals surface area contributed by atoms with E-state index in [1.54, 1.807) is 7.11 Å². The van der Waals surface area contributed by atoms with Crippen molar-refractivity contribution in [3.05, 3.63) is 29.8 Å². The van der Waals surface area contributed by atoms with Crippen molar-refractivity contribution in [3.8, 4) is 5.75 Å². The number of methoxy groups -OCH3 is 1. The largest absolute Gasteiger partial charge is 0.497 e. The average molecular weight is 372 g/mol. The summed E-state index contributed by atoms with van der Waals surface area (Å²) in [5, 5.41) is 3.42. The second kappa shape index (κ2) is 7.83. The molecular formula is C23H33NO3. The summed E-state index contributed by atoms with van der Waals surface area (Å²) >= 11 is 0. The molecule has 1 saturated heterocycles. The lowest BCUT2D eigenvalue weighted by molar-refractivity contribution is -0.135. The maximum atomic E-state index is 13.6. The van der Waals surface area contributed by atoms with E-state index in [1.165, 1.54) is 24.8 Å². The molecule has 1 heterocycles. The number of amides is 1. The van der Waals surface area contributed by atoms with E-state index in [4.69, 9.17) is 9.47 Å². The van der Waals surface area contributed by atoms with Gasteiger partial charge in [-0.15, -0.1) is 0 Å². The molecule has 148 valence electrons. The number of hydrogen-bond acceptors (Lipinski definition) is 3. The zero-order chi connectivity index (χ0) is 18.9. The van der Waals surface area contributed by atoms with Crippen molar-refractivity contribution in [2.45, 2.75) is 57.9 Å². The van der Waals surface area contributed by atoms with Crippen LogP contribution in [0.2, 0.25) is 0 Å². The summed E-state index contributed by atoms with van der Waals surface area (Å²) in [6, 6.07) is 8.43. The van der Waals surface area contributed by atoms with Gasteiger partial charge in [-0.3, -0.25) is 4.79 Å². The van der Waals surface area contributed by atoms with E-state index in [9.17, 15) is 4.79 Å². The molecule has 0 aromatic heterocycles. The molecule has 3 aliphatic rings. The Labute approximate surface area is 163 Å². The molecule has 5 unspecified atom stereocenters. The van der Waals surface area contributed by atoms with E-state index in [0.29, 0.717) is 11.8 Å². The molecule has 27 heavy (non-hydrogen) atoms. The van der Waals surface area contributed by atoms with E-state index >= 15 is 0 Å². The van der Waals surface area contributed by atoms with Gasteiger partial charge in [0, 0.05) is 18.6 Å². The van der Waals surface area contributed by atoms with Gasteiger partial charge < -0.3 is 14.8 Å². The van der Waals surface area contributed by atoms with E-state index in [0.717, 1.165) is 50.6 Å². The first-order valence-corrected chi connectivity index (χ1v) is 10.6. The maximum absolute atomic E-state index is 13.6. The number of hydrogen-bond donors (Lipinski definition) is 1. The molecule has 4 nitrogen and oxygen atoms in total. The third-order valence-corrected chi connectivity index (χ3v) is 7.34. The van der Waals surface area contributed by atoms with E-state index in [-0.39, 0.29) is 17.4 Å². The lowest BCUT2D eigenvalue weighted by atomic mass is 9.68. The van der Waals surface area contributed by atoms with E-state index < -0.39 is 0 Å². The number of rotatable bonds is 6. The van der Waals surface area contributed by atoms with Crippen molar-refractivity contribution in [2.24, 2.45) is 23.2 Å². The van der Waals surface area contributed by atoms with Gasteiger partial charge in [0.15, 0.2) is 0 Å². The second-order valence-electron chi connectivity index (χ2n) is 9.00. The van der Waals surface area contributed by atoms with Gasteiger partial charge in [0.2, 0.25) is 5.91 Å². The molecule has 0 radical (unpaired) electrons. The zero-order valence-electron chi connectivity index (χ0n) is 16.7. The Bertz CT molecular complexity index is 669. The van der Waals surface area contributed by atoms with Gasteiger partial charge in [0.05, 0.1) is 19.1 Å². The number of carbonyl (C=O) groups excluding carboxylic acids is 1. The molecule has 1 N–H and O–H groups in total. The van der Waals surface area contributed by atoms with Crippen LogP contribution < -0.4 is 10.1 Å².